The van der Waals surface area contributed by atoms with Gasteiger partial charge in [-0.05, 0) is 6.92 Å². The predicted molar refractivity (Wildman–Crippen MR) is 60.8 cm³/mol. The van der Waals surface area contributed by atoms with Crippen LogP contribution >= 0.6 is 23.2 Å². The Morgan fingerprint density at radius 3 is 2.75 bits per heavy atom. The van der Waals surface area contributed by atoms with Crippen molar-refractivity contribution < 1.29 is 14.3 Å². The molecule has 0 amide bonds. The first-order valence-corrected chi connectivity index (χ1v) is 5.07. The van der Waals surface area contributed by atoms with Crippen LogP contribution < -0.4 is 10.5 Å². The SMILES string of the molecule is COC(=O)[C@@H](C)Oc1ncc(Cl)c(N)c1Cl. The zero-order valence-electron chi connectivity index (χ0n) is 8.66. The standard InChI is InChI=1S/C9H10Cl2N2O3/c1-4(9(14)15-2)16-8-6(11)7(12)5(10)3-13-8/h3-4H,1-2H3,(H2,12,13)/t4-/m1/s1. The van der Waals surface area contributed by atoms with E-state index in [9.17, 15) is 4.79 Å². The molecular formula is C9H10Cl2N2O3. The summed E-state index contributed by atoms with van der Waals surface area (Å²) in [6.45, 7) is 1.51. The Morgan fingerprint density at radius 2 is 2.19 bits per heavy atom. The number of halogens is 2. The van der Waals surface area contributed by atoms with Crippen LogP contribution in [0.25, 0.3) is 0 Å². The smallest absolute Gasteiger partial charge is 0.346 e. The van der Waals surface area contributed by atoms with Gasteiger partial charge in [0.05, 0.1) is 24.0 Å². The van der Waals surface area contributed by atoms with Crippen molar-refractivity contribution in [3.63, 3.8) is 0 Å². The van der Waals surface area contributed by atoms with Gasteiger partial charge in [-0.3, -0.25) is 0 Å². The zero-order chi connectivity index (χ0) is 12.3. The van der Waals surface area contributed by atoms with E-state index >= 15 is 0 Å². The number of rotatable bonds is 3. The number of carbonyl (C=O) groups excluding carboxylic acids is 1. The predicted octanol–water partition coefficient (Wildman–Crippen LogP) is 1.91. The molecule has 7 heteroatoms. The first-order valence-electron chi connectivity index (χ1n) is 4.31. The molecule has 1 aromatic rings. The van der Waals surface area contributed by atoms with E-state index in [1.165, 1.54) is 20.2 Å². The van der Waals surface area contributed by atoms with Gasteiger partial charge in [-0.15, -0.1) is 0 Å². The minimum absolute atomic E-state index is 0.0430. The molecule has 0 aliphatic heterocycles. The van der Waals surface area contributed by atoms with Gasteiger partial charge < -0.3 is 15.2 Å². The Kier molecular flexibility index (Phi) is 4.20. The molecule has 1 heterocycles. The van der Waals surface area contributed by atoms with Gasteiger partial charge in [-0.1, -0.05) is 23.2 Å². The van der Waals surface area contributed by atoms with Crippen LogP contribution in [0.2, 0.25) is 10.0 Å². The number of hydrogen-bond donors (Lipinski definition) is 1. The molecule has 0 aliphatic carbocycles. The summed E-state index contributed by atoms with van der Waals surface area (Å²) in [7, 11) is 1.26. The van der Waals surface area contributed by atoms with Crippen molar-refractivity contribution in [2.75, 3.05) is 12.8 Å². The van der Waals surface area contributed by atoms with Gasteiger partial charge in [0, 0.05) is 0 Å². The molecule has 0 bridgehead atoms. The van der Waals surface area contributed by atoms with Crippen molar-refractivity contribution in [2.45, 2.75) is 13.0 Å². The second-order valence-corrected chi connectivity index (χ2v) is 3.71. The van der Waals surface area contributed by atoms with Crippen molar-refractivity contribution in [1.82, 2.24) is 4.98 Å². The van der Waals surface area contributed by atoms with Crippen LogP contribution in [0.3, 0.4) is 0 Å². The van der Waals surface area contributed by atoms with E-state index in [-0.39, 0.29) is 21.6 Å². The highest BCUT2D eigenvalue weighted by Crippen LogP contribution is 2.33. The van der Waals surface area contributed by atoms with Crippen molar-refractivity contribution in [3.8, 4) is 5.88 Å². The number of methoxy groups -OCH3 is 1. The molecule has 1 rings (SSSR count). The third-order valence-electron chi connectivity index (χ3n) is 1.80. The quantitative estimate of drug-likeness (QED) is 0.845. The highest BCUT2D eigenvalue weighted by atomic mass is 35.5. The first-order chi connectivity index (χ1) is 7.47. The minimum atomic E-state index is -0.824. The number of ether oxygens (including phenoxy) is 2. The number of esters is 1. The zero-order valence-corrected chi connectivity index (χ0v) is 10.2. The molecule has 5 nitrogen and oxygen atoms in total. The molecule has 0 saturated carbocycles. The maximum atomic E-state index is 11.1. The van der Waals surface area contributed by atoms with Crippen LogP contribution in [-0.2, 0) is 9.53 Å². The van der Waals surface area contributed by atoms with Crippen LogP contribution in [0, 0.1) is 0 Å². The van der Waals surface area contributed by atoms with Gasteiger partial charge in [0.15, 0.2) is 6.10 Å². The normalized spacial score (nSPS) is 12.0. The fraction of sp³-hybridized carbons (Fsp3) is 0.333. The Hall–Kier alpha value is -1.20. The number of nitrogens with two attached hydrogens (primary N) is 1. The van der Waals surface area contributed by atoms with E-state index in [0.29, 0.717) is 0 Å². The first kappa shape index (κ1) is 12.9. The van der Waals surface area contributed by atoms with E-state index in [1.807, 2.05) is 0 Å². The molecule has 88 valence electrons. The van der Waals surface area contributed by atoms with Gasteiger partial charge in [0.2, 0.25) is 5.88 Å². The number of hydrogen-bond acceptors (Lipinski definition) is 5. The summed E-state index contributed by atoms with van der Waals surface area (Å²) < 4.78 is 9.66. The highest BCUT2D eigenvalue weighted by molar-refractivity contribution is 6.39. The Morgan fingerprint density at radius 1 is 1.56 bits per heavy atom. The third-order valence-corrected chi connectivity index (χ3v) is 2.46. The number of nitrogen functional groups attached to an aromatic ring is 1. The lowest BCUT2D eigenvalue weighted by Crippen LogP contribution is -2.25. The van der Waals surface area contributed by atoms with Gasteiger partial charge in [0.25, 0.3) is 0 Å². The van der Waals surface area contributed by atoms with Crippen LogP contribution in [0.1, 0.15) is 6.92 Å². The molecular weight excluding hydrogens is 255 g/mol. The summed E-state index contributed by atoms with van der Waals surface area (Å²) in [5, 5.41) is 0.298. The summed E-state index contributed by atoms with van der Waals surface area (Å²) in [6, 6.07) is 0. The van der Waals surface area contributed by atoms with E-state index in [1.54, 1.807) is 0 Å². The molecule has 0 aliphatic rings. The Labute approximate surface area is 102 Å². The maximum absolute atomic E-state index is 11.1. The molecule has 2 N–H and O–H groups in total. The van der Waals surface area contributed by atoms with Crippen molar-refractivity contribution >= 4 is 34.9 Å². The summed E-state index contributed by atoms with van der Waals surface area (Å²) in [6.07, 6.45) is 0.470. The van der Waals surface area contributed by atoms with E-state index in [0.717, 1.165) is 0 Å². The van der Waals surface area contributed by atoms with Gasteiger partial charge >= 0.3 is 5.97 Å². The second kappa shape index (κ2) is 5.23. The van der Waals surface area contributed by atoms with Gasteiger partial charge in [-0.25, -0.2) is 9.78 Å². The molecule has 1 aromatic heterocycles. The fourth-order valence-electron chi connectivity index (χ4n) is 0.925. The maximum Gasteiger partial charge on any atom is 0.346 e. The van der Waals surface area contributed by atoms with Crippen LogP contribution in [0.5, 0.6) is 5.88 Å². The fourth-order valence-corrected chi connectivity index (χ4v) is 1.31. The molecule has 0 saturated heterocycles. The number of nitrogens with zero attached hydrogens (tertiary/aromatic N) is 1. The monoisotopic (exact) mass is 264 g/mol. The molecule has 0 unspecified atom stereocenters. The molecule has 1 atom stereocenters. The lowest BCUT2D eigenvalue weighted by molar-refractivity contribution is -0.148. The van der Waals surface area contributed by atoms with Crippen molar-refractivity contribution in [1.29, 1.82) is 0 Å². The second-order valence-electron chi connectivity index (χ2n) is 2.92. The van der Waals surface area contributed by atoms with Crippen LogP contribution in [0.15, 0.2) is 6.20 Å². The molecule has 0 spiro atoms. The number of aromatic nitrogens is 1. The van der Waals surface area contributed by atoms with E-state index in [2.05, 4.69) is 9.72 Å². The largest absolute Gasteiger partial charge is 0.466 e. The summed E-state index contributed by atoms with van der Waals surface area (Å²) >= 11 is 11.5. The Bertz CT molecular complexity index is 412. The van der Waals surface area contributed by atoms with Crippen molar-refractivity contribution in [2.24, 2.45) is 0 Å². The molecule has 0 radical (unpaired) electrons. The average Bonchev–Trinajstić information content (AvgIpc) is 2.28. The summed E-state index contributed by atoms with van der Waals surface area (Å²) in [5.41, 5.74) is 5.72. The van der Waals surface area contributed by atoms with Crippen LogP contribution in [0.4, 0.5) is 5.69 Å². The molecule has 16 heavy (non-hydrogen) atoms. The highest BCUT2D eigenvalue weighted by Gasteiger charge is 2.19. The molecule has 0 aromatic carbocycles. The van der Waals surface area contributed by atoms with Gasteiger partial charge in [-0.2, -0.15) is 0 Å². The van der Waals surface area contributed by atoms with Crippen LogP contribution in [-0.4, -0.2) is 24.2 Å². The summed E-state index contributed by atoms with van der Waals surface area (Å²) in [5.74, 6) is -0.493. The number of pyridine rings is 1. The summed E-state index contributed by atoms with van der Waals surface area (Å²) in [4.78, 5) is 14.9. The Balaban J connectivity index is 2.90. The average molecular weight is 265 g/mol. The minimum Gasteiger partial charge on any atom is -0.466 e. The molecule has 0 fully saturated rings. The lowest BCUT2D eigenvalue weighted by Gasteiger charge is -2.13. The number of anilines is 1. The lowest BCUT2D eigenvalue weighted by atomic mass is 10.4. The van der Waals surface area contributed by atoms with E-state index < -0.39 is 12.1 Å². The van der Waals surface area contributed by atoms with Gasteiger partial charge in [0.1, 0.15) is 5.02 Å². The topological polar surface area (TPSA) is 74.4 Å². The van der Waals surface area contributed by atoms with E-state index in [4.69, 9.17) is 33.7 Å². The number of carbonyl (C=O) groups is 1. The third kappa shape index (κ3) is 2.68. The van der Waals surface area contributed by atoms with Crippen molar-refractivity contribution in [3.05, 3.63) is 16.2 Å².